The number of thiazole rings is 1. The van der Waals surface area contributed by atoms with Crippen LogP contribution in [0.25, 0.3) is 10.2 Å². The Morgan fingerprint density at radius 3 is 2.92 bits per heavy atom. The predicted molar refractivity (Wildman–Crippen MR) is 104 cm³/mol. The standard InChI is InChI=1S/C19H26N4O2S/c20-19(25)21-11-5-1-2-10-17(24)23-12-6-7-14(13-23)18-22-15-8-3-4-9-16(15)26-18/h3-4,8-9,14H,1-2,5-7,10-13H2,(H3,20,21,25)/t14-/m0/s1. The maximum absolute atomic E-state index is 12.5. The number of rotatable bonds is 7. The smallest absolute Gasteiger partial charge is 0.312 e. The third-order valence-corrected chi connectivity index (χ3v) is 6.00. The van der Waals surface area contributed by atoms with E-state index in [0.29, 0.717) is 18.9 Å². The maximum atomic E-state index is 12.5. The summed E-state index contributed by atoms with van der Waals surface area (Å²) in [6.45, 7) is 2.21. The van der Waals surface area contributed by atoms with E-state index in [9.17, 15) is 9.59 Å². The van der Waals surface area contributed by atoms with E-state index in [4.69, 9.17) is 10.7 Å². The average molecular weight is 375 g/mol. The molecule has 0 spiro atoms. The Morgan fingerprint density at radius 2 is 2.12 bits per heavy atom. The molecule has 1 aromatic heterocycles. The number of nitrogens with zero attached hydrogens (tertiary/aromatic N) is 2. The van der Waals surface area contributed by atoms with Gasteiger partial charge in [0.15, 0.2) is 0 Å². The zero-order valence-corrected chi connectivity index (χ0v) is 15.8. The van der Waals surface area contributed by atoms with Gasteiger partial charge in [0.1, 0.15) is 0 Å². The molecule has 3 rings (SSSR count). The van der Waals surface area contributed by atoms with E-state index in [-0.39, 0.29) is 5.91 Å². The Balaban J connectivity index is 1.47. The molecular weight excluding hydrogens is 348 g/mol. The molecule has 0 unspecified atom stereocenters. The summed E-state index contributed by atoms with van der Waals surface area (Å²) >= 11 is 1.75. The highest BCUT2D eigenvalue weighted by atomic mass is 32.1. The molecule has 1 aromatic carbocycles. The van der Waals surface area contributed by atoms with Crippen LogP contribution in [-0.2, 0) is 4.79 Å². The molecule has 1 aliphatic heterocycles. The highest BCUT2D eigenvalue weighted by molar-refractivity contribution is 7.18. The Morgan fingerprint density at radius 1 is 1.27 bits per heavy atom. The molecule has 3 amide bonds. The van der Waals surface area contributed by atoms with Crippen LogP contribution in [0.5, 0.6) is 0 Å². The van der Waals surface area contributed by atoms with Gasteiger partial charge in [-0.05, 0) is 37.8 Å². The molecule has 6 nitrogen and oxygen atoms in total. The first-order valence-electron chi connectivity index (χ1n) is 9.30. The molecule has 7 heteroatoms. The number of likely N-dealkylation sites (tertiary alicyclic amines) is 1. The van der Waals surface area contributed by atoms with Crippen LogP contribution >= 0.6 is 11.3 Å². The van der Waals surface area contributed by atoms with Crippen molar-refractivity contribution < 1.29 is 9.59 Å². The molecule has 140 valence electrons. The number of aromatic nitrogens is 1. The number of carbonyl (C=O) groups is 2. The SMILES string of the molecule is NC(=O)NCCCCCC(=O)N1CCC[C@H](c2nc3ccccc3s2)C1. The average Bonchev–Trinajstić information content (AvgIpc) is 3.08. The van der Waals surface area contributed by atoms with Crippen LogP contribution in [0.3, 0.4) is 0 Å². The first kappa shape index (κ1) is 18.6. The summed E-state index contributed by atoms with van der Waals surface area (Å²) in [6.07, 6.45) is 5.33. The van der Waals surface area contributed by atoms with Crippen molar-refractivity contribution >= 4 is 33.5 Å². The molecule has 26 heavy (non-hydrogen) atoms. The largest absolute Gasteiger partial charge is 0.352 e. The van der Waals surface area contributed by atoms with Gasteiger partial charge >= 0.3 is 6.03 Å². The Hall–Kier alpha value is -2.15. The molecule has 0 radical (unpaired) electrons. The Bertz CT molecular complexity index is 728. The van der Waals surface area contributed by atoms with Crippen LogP contribution in [0.1, 0.15) is 49.5 Å². The number of nitrogens with one attached hydrogen (secondary N) is 1. The number of piperidine rings is 1. The lowest BCUT2D eigenvalue weighted by Gasteiger charge is -2.32. The number of primary amides is 1. The maximum Gasteiger partial charge on any atom is 0.312 e. The summed E-state index contributed by atoms with van der Waals surface area (Å²) in [5, 5.41) is 3.72. The topological polar surface area (TPSA) is 88.3 Å². The van der Waals surface area contributed by atoms with Crippen molar-refractivity contribution in [3.05, 3.63) is 29.3 Å². The number of hydrogen-bond donors (Lipinski definition) is 2. The minimum atomic E-state index is -0.490. The number of para-hydroxylation sites is 1. The Labute approximate surface area is 157 Å². The van der Waals surface area contributed by atoms with E-state index >= 15 is 0 Å². The van der Waals surface area contributed by atoms with Gasteiger partial charge in [-0.15, -0.1) is 11.3 Å². The first-order chi connectivity index (χ1) is 12.6. The van der Waals surface area contributed by atoms with Crippen molar-refractivity contribution in [2.45, 2.75) is 44.4 Å². The lowest BCUT2D eigenvalue weighted by atomic mass is 9.98. The summed E-state index contributed by atoms with van der Waals surface area (Å²) < 4.78 is 1.22. The molecule has 2 heterocycles. The van der Waals surface area contributed by atoms with Crippen molar-refractivity contribution in [2.75, 3.05) is 19.6 Å². The summed E-state index contributed by atoms with van der Waals surface area (Å²) in [5.41, 5.74) is 6.08. The van der Waals surface area contributed by atoms with Gasteiger partial charge in [-0.25, -0.2) is 9.78 Å². The zero-order valence-electron chi connectivity index (χ0n) is 14.9. The van der Waals surface area contributed by atoms with E-state index in [1.54, 1.807) is 11.3 Å². The van der Waals surface area contributed by atoms with Gasteiger partial charge in [0.05, 0.1) is 15.2 Å². The van der Waals surface area contributed by atoms with Gasteiger partial charge in [0, 0.05) is 32.0 Å². The normalized spacial score (nSPS) is 17.4. The minimum absolute atomic E-state index is 0.235. The molecule has 1 aliphatic rings. The molecule has 1 fully saturated rings. The van der Waals surface area contributed by atoms with Crippen LogP contribution in [0, 0.1) is 0 Å². The summed E-state index contributed by atoms with van der Waals surface area (Å²) in [4.78, 5) is 29.9. The number of benzene rings is 1. The molecule has 1 atom stereocenters. The van der Waals surface area contributed by atoms with E-state index in [1.165, 1.54) is 4.70 Å². The lowest BCUT2D eigenvalue weighted by molar-refractivity contribution is -0.132. The molecular formula is C19H26N4O2S. The van der Waals surface area contributed by atoms with E-state index in [1.807, 2.05) is 23.1 Å². The lowest BCUT2D eigenvalue weighted by Crippen LogP contribution is -2.39. The van der Waals surface area contributed by atoms with Gasteiger partial charge in [-0.3, -0.25) is 4.79 Å². The summed E-state index contributed by atoms with van der Waals surface area (Å²) in [5.74, 6) is 0.587. The number of fused-ring (bicyclic) bond motifs is 1. The zero-order chi connectivity index (χ0) is 18.4. The fourth-order valence-corrected chi connectivity index (χ4v) is 4.51. The first-order valence-corrected chi connectivity index (χ1v) is 10.1. The van der Waals surface area contributed by atoms with Crippen molar-refractivity contribution in [1.82, 2.24) is 15.2 Å². The number of amides is 3. The second kappa shape index (κ2) is 8.98. The molecule has 2 aromatic rings. The van der Waals surface area contributed by atoms with Gasteiger partial charge in [0.25, 0.3) is 0 Å². The van der Waals surface area contributed by atoms with E-state index in [0.717, 1.165) is 55.7 Å². The van der Waals surface area contributed by atoms with Crippen molar-refractivity contribution in [3.63, 3.8) is 0 Å². The predicted octanol–water partition coefficient (Wildman–Crippen LogP) is 3.23. The van der Waals surface area contributed by atoms with Crippen molar-refractivity contribution in [3.8, 4) is 0 Å². The quantitative estimate of drug-likeness (QED) is 0.729. The van der Waals surface area contributed by atoms with Crippen molar-refractivity contribution in [1.29, 1.82) is 0 Å². The van der Waals surface area contributed by atoms with Gasteiger partial charge in [-0.1, -0.05) is 18.6 Å². The summed E-state index contributed by atoms with van der Waals surface area (Å²) in [6, 6.07) is 7.72. The van der Waals surface area contributed by atoms with E-state index in [2.05, 4.69) is 11.4 Å². The number of hydrogen-bond acceptors (Lipinski definition) is 4. The fourth-order valence-electron chi connectivity index (χ4n) is 3.42. The number of nitrogens with two attached hydrogens (primary N) is 1. The van der Waals surface area contributed by atoms with E-state index < -0.39 is 6.03 Å². The molecule has 0 saturated carbocycles. The summed E-state index contributed by atoms with van der Waals surface area (Å²) in [7, 11) is 0. The molecule has 1 saturated heterocycles. The fraction of sp³-hybridized carbons (Fsp3) is 0.526. The monoisotopic (exact) mass is 374 g/mol. The van der Waals surface area contributed by atoms with Gasteiger partial charge in [0.2, 0.25) is 5.91 Å². The van der Waals surface area contributed by atoms with Gasteiger partial charge < -0.3 is 16.0 Å². The molecule has 0 bridgehead atoms. The van der Waals surface area contributed by atoms with Crippen molar-refractivity contribution in [2.24, 2.45) is 5.73 Å². The number of carbonyl (C=O) groups excluding carboxylic acids is 2. The Kier molecular flexibility index (Phi) is 6.44. The highest BCUT2D eigenvalue weighted by Gasteiger charge is 2.26. The van der Waals surface area contributed by atoms with Crippen LogP contribution < -0.4 is 11.1 Å². The molecule has 3 N–H and O–H groups in total. The number of urea groups is 1. The van der Waals surface area contributed by atoms with Crippen LogP contribution in [0.2, 0.25) is 0 Å². The highest BCUT2D eigenvalue weighted by Crippen LogP contribution is 2.33. The second-order valence-corrected chi connectivity index (χ2v) is 7.86. The third-order valence-electron chi connectivity index (χ3n) is 4.80. The molecule has 0 aliphatic carbocycles. The van der Waals surface area contributed by atoms with Gasteiger partial charge in [-0.2, -0.15) is 0 Å². The second-order valence-electron chi connectivity index (χ2n) is 6.80. The van der Waals surface area contributed by atoms with Crippen LogP contribution in [0.15, 0.2) is 24.3 Å². The van der Waals surface area contributed by atoms with Crippen LogP contribution in [0.4, 0.5) is 4.79 Å². The van der Waals surface area contributed by atoms with Crippen LogP contribution in [-0.4, -0.2) is 41.5 Å². The number of unbranched alkanes of at least 4 members (excludes halogenated alkanes) is 2. The minimum Gasteiger partial charge on any atom is -0.352 e. The third kappa shape index (κ3) is 4.94.